The SMILES string of the molecule is c1ccc(-c2ccc(N(c3ccccc3)c3ccc4c(c3)c3cc(N(c5ccccc5)c5ccc(-c6ccccc6)cc5)ccc3n4-c3cccc4c3oc3ccccc34)cc2)cc1. The molecule has 0 atom stereocenters. The first kappa shape index (κ1) is 37.2. The maximum atomic E-state index is 6.71. The number of furan rings is 1. The molecule has 302 valence electrons. The van der Waals surface area contributed by atoms with E-state index >= 15 is 0 Å². The molecule has 2 heterocycles. The summed E-state index contributed by atoms with van der Waals surface area (Å²) in [6.45, 7) is 0. The van der Waals surface area contributed by atoms with Crippen LogP contribution in [-0.4, -0.2) is 4.57 Å². The Morgan fingerprint density at radius 2 is 0.672 bits per heavy atom. The summed E-state index contributed by atoms with van der Waals surface area (Å²) in [6.07, 6.45) is 0. The lowest BCUT2D eigenvalue weighted by Gasteiger charge is -2.26. The fraction of sp³-hybridized carbons (Fsp3) is 0. The van der Waals surface area contributed by atoms with Gasteiger partial charge in [-0.2, -0.15) is 0 Å². The van der Waals surface area contributed by atoms with E-state index in [-0.39, 0.29) is 0 Å². The molecule has 64 heavy (non-hydrogen) atoms. The van der Waals surface area contributed by atoms with Crippen LogP contribution in [0.4, 0.5) is 34.1 Å². The zero-order valence-corrected chi connectivity index (χ0v) is 34.9. The normalized spacial score (nSPS) is 11.4. The lowest BCUT2D eigenvalue weighted by Crippen LogP contribution is -2.10. The largest absolute Gasteiger partial charge is 0.454 e. The first-order chi connectivity index (χ1) is 31.7. The van der Waals surface area contributed by atoms with E-state index in [1.807, 2.05) is 6.07 Å². The second kappa shape index (κ2) is 15.7. The summed E-state index contributed by atoms with van der Waals surface area (Å²) in [6, 6.07) is 88.8. The van der Waals surface area contributed by atoms with Gasteiger partial charge in [0.15, 0.2) is 5.58 Å². The fourth-order valence-electron chi connectivity index (χ4n) is 9.36. The van der Waals surface area contributed by atoms with Gasteiger partial charge in [0.25, 0.3) is 0 Å². The van der Waals surface area contributed by atoms with Gasteiger partial charge in [0, 0.05) is 55.7 Å². The highest BCUT2D eigenvalue weighted by molar-refractivity contribution is 6.14. The van der Waals surface area contributed by atoms with E-state index in [1.54, 1.807) is 0 Å². The second-order valence-corrected chi connectivity index (χ2v) is 16.2. The lowest BCUT2D eigenvalue weighted by molar-refractivity contribution is 0.666. The molecule has 0 aliphatic carbocycles. The number of nitrogens with zero attached hydrogens (tertiary/aromatic N) is 3. The molecule has 0 spiro atoms. The Labute approximate surface area is 371 Å². The van der Waals surface area contributed by atoms with Crippen molar-refractivity contribution < 1.29 is 4.42 Å². The Hall–Kier alpha value is -8.60. The molecule has 12 rings (SSSR count). The van der Waals surface area contributed by atoms with Crippen molar-refractivity contribution >= 4 is 77.9 Å². The third kappa shape index (κ3) is 6.48. The molecule has 10 aromatic carbocycles. The number of benzene rings is 10. The quantitative estimate of drug-likeness (QED) is 0.145. The molecule has 0 radical (unpaired) electrons. The van der Waals surface area contributed by atoms with Crippen LogP contribution in [0.25, 0.3) is 71.7 Å². The standard InChI is InChI=1S/C60H41N3O/c1-5-16-42(17-6-1)44-28-32-48(33-29-44)61(46-20-9-3-10-21-46)50-36-38-56-54(40-50)55-41-51(37-39-57(55)63(56)58-26-15-25-53-52-24-13-14-27-59(52)64-60(53)58)62(47-22-11-4-12-23-47)49-34-30-45(31-35-49)43-18-7-2-8-19-43/h1-41H. The van der Waals surface area contributed by atoms with Gasteiger partial charge in [0.2, 0.25) is 0 Å². The van der Waals surface area contributed by atoms with Gasteiger partial charge < -0.3 is 18.8 Å². The fourth-order valence-corrected chi connectivity index (χ4v) is 9.36. The van der Waals surface area contributed by atoms with E-state index in [1.165, 1.54) is 22.3 Å². The Morgan fingerprint density at radius 1 is 0.281 bits per heavy atom. The molecule has 0 aliphatic heterocycles. The monoisotopic (exact) mass is 819 g/mol. The van der Waals surface area contributed by atoms with Gasteiger partial charge in [-0.15, -0.1) is 0 Å². The van der Waals surface area contributed by atoms with Crippen molar-refractivity contribution in [3.8, 4) is 27.9 Å². The van der Waals surface area contributed by atoms with Gasteiger partial charge in [-0.3, -0.25) is 0 Å². The Kier molecular flexibility index (Phi) is 9.12. The molecule has 4 nitrogen and oxygen atoms in total. The smallest absolute Gasteiger partial charge is 0.159 e. The van der Waals surface area contributed by atoms with Gasteiger partial charge in [0.1, 0.15) is 5.58 Å². The molecule has 0 saturated heterocycles. The van der Waals surface area contributed by atoms with Crippen LogP contribution in [0.15, 0.2) is 253 Å². The molecule has 0 N–H and O–H groups in total. The molecule has 0 aliphatic rings. The molecule has 4 heteroatoms. The van der Waals surface area contributed by atoms with E-state index < -0.39 is 0 Å². The molecule has 0 bridgehead atoms. The van der Waals surface area contributed by atoms with Gasteiger partial charge in [-0.1, -0.05) is 152 Å². The topological polar surface area (TPSA) is 24.6 Å². The van der Waals surface area contributed by atoms with Crippen LogP contribution >= 0.6 is 0 Å². The average molecular weight is 820 g/mol. The maximum Gasteiger partial charge on any atom is 0.159 e. The highest BCUT2D eigenvalue weighted by Gasteiger charge is 2.22. The average Bonchev–Trinajstić information content (AvgIpc) is 3.91. The maximum absolute atomic E-state index is 6.71. The van der Waals surface area contributed by atoms with Gasteiger partial charge in [0.05, 0.1) is 16.7 Å². The number of anilines is 6. The zero-order chi connectivity index (χ0) is 42.4. The van der Waals surface area contributed by atoms with Crippen molar-refractivity contribution in [2.24, 2.45) is 0 Å². The highest BCUT2D eigenvalue weighted by atomic mass is 16.3. The molecule has 0 amide bonds. The van der Waals surface area contributed by atoms with Crippen molar-refractivity contribution in [1.82, 2.24) is 4.57 Å². The first-order valence-corrected chi connectivity index (χ1v) is 21.8. The summed E-state index contributed by atoms with van der Waals surface area (Å²) in [5.74, 6) is 0. The number of hydrogen-bond donors (Lipinski definition) is 0. The van der Waals surface area contributed by atoms with Crippen LogP contribution in [-0.2, 0) is 0 Å². The zero-order valence-electron chi connectivity index (χ0n) is 34.9. The number of fused-ring (bicyclic) bond motifs is 6. The third-order valence-corrected chi connectivity index (χ3v) is 12.4. The van der Waals surface area contributed by atoms with E-state index in [0.29, 0.717) is 0 Å². The predicted molar refractivity (Wildman–Crippen MR) is 268 cm³/mol. The van der Waals surface area contributed by atoms with Crippen LogP contribution in [0, 0.1) is 0 Å². The summed E-state index contributed by atoms with van der Waals surface area (Å²) in [7, 11) is 0. The molecular weight excluding hydrogens is 779 g/mol. The first-order valence-electron chi connectivity index (χ1n) is 21.8. The Bertz CT molecular complexity index is 3400. The minimum absolute atomic E-state index is 0.865. The lowest BCUT2D eigenvalue weighted by atomic mass is 10.0. The van der Waals surface area contributed by atoms with E-state index in [9.17, 15) is 0 Å². The van der Waals surface area contributed by atoms with E-state index in [0.717, 1.165) is 83.6 Å². The number of rotatable bonds is 9. The van der Waals surface area contributed by atoms with Crippen LogP contribution in [0.1, 0.15) is 0 Å². The molecule has 0 saturated carbocycles. The number of para-hydroxylation sites is 4. The summed E-state index contributed by atoms with van der Waals surface area (Å²) in [5, 5.41) is 4.48. The molecular formula is C60H41N3O. The van der Waals surface area contributed by atoms with Crippen LogP contribution in [0.5, 0.6) is 0 Å². The van der Waals surface area contributed by atoms with Crippen LogP contribution < -0.4 is 9.80 Å². The Balaban J connectivity index is 1.08. The van der Waals surface area contributed by atoms with Gasteiger partial charge in [-0.25, -0.2) is 0 Å². The van der Waals surface area contributed by atoms with Crippen molar-refractivity contribution in [1.29, 1.82) is 0 Å². The van der Waals surface area contributed by atoms with Crippen molar-refractivity contribution in [2.75, 3.05) is 9.80 Å². The predicted octanol–water partition coefficient (Wildman–Crippen LogP) is 17.0. The minimum Gasteiger partial charge on any atom is -0.454 e. The summed E-state index contributed by atoms with van der Waals surface area (Å²) in [4.78, 5) is 4.71. The molecule has 2 aromatic heterocycles. The van der Waals surface area contributed by atoms with Gasteiger partial charge >= 0.3 is 0 Å². The summed E-state index contributed by atoms with van der Waals surface area (Å²) < 4.78 is 9.09. The number of hydrogen-bond acceptors (Lipinski definition) is 3. The third-order valence-electron chi connectivity index (χ3n) is 12.4. The molecule has 12 aromatic rings. The molecule has 0 unspecified atom stereocenters. The van der Waals surface area contributed by atoms with Crippen LogP contribution in [0.2, 0.25) is 0 Å². The minimum atomic E-state index is 0.865. The van der Waals surface area contributed by atoms with E-state index in [2.05, 4.69) is 257 Å². The van der Waals surface area contributed by atoms with Crippen molar-refractivity contribution in [3.63, 3.8) is 0 Å². The summed E-state index contributed by atoms with van der Waals surface area (Å²) >= 11 is 0. The van der Waals surface area contributed by atoms with Crippen molar-refractivity contribution in [2.45, 2.75) is 0 Å². The Morgan fingerprint density at radius 3 is 1.17 bits per heavy atom. The van der Waals surface area contributed by atoms with Gasteiger partial charge in [-0.05, 0) is 119 Å². The second-order valence-electron chi connectivity index (χ2n) is 16.2. The van der Waals surface area contributed by atoms with E-state index in [4.69, 9.17) is 4.42 Å². The van der Waals surface area contributed by atoms with Crippen molar-refractivity contribution in [3.05, 3.63) is 249 Å². The number of aromatic nitrogens is 1. The highest BCUT2D eigenvalue weighted by Crippen LogP contribution is 2.44. The summed E-state index contributed by atoms with van der Waals surface area (Å²) in [5.41, 5.74) is 16.1. The molecule has 0 fully saturated rings. The van der Waals surface area contributed by atoms with Crippen LogP contribution in [0.3, 0.4) is 0 Å².